The number of ether oxygens (including phenoxy) is 1. The Morgan fingerprint density at radius 1 is 1.14 bits per heavy atom. The van der Waals surface area contributed by atoms with E-state index in [0.29, 0.717) is 17.7 Å². The van der Waals surface area contributed by atoms with Crippen molar-refractivity contribution >= 4 is 33.0 Å². The van der Waals surface area contributed by atoms with E-state index in [2.05, 4.69) is 0 Å². The van der Waals surface area contributed by atoms with Gasteiger partial charge in [0.25, 0.3) is 10.0 Å². The molecule has 1 aliphatic rings. The Hall–Kier alpha value is -2.64. The van der Waals surface area contributed by atoms with Crippen molar-refractivity contribution in [2.45, 2.75) is 31.2 Å². The summed E-state index contributed by atoms with van der Waals surface area (Å²) in [7, 11) is -2.73. The summed E-state index contributed by atoms with van der Waals surface area (Å²) in [5, 5.41) is 1.72. The number of hydrogen-bond donors (Lipinski definition) is 0. The van der Waals surface area contributed by atoms with E-state index < -0.39 is 16.0 Å². The number of hydrogen-bond acceptors (Lipinski definition) is 5. The van der Waals surface area contributed by atoms with Crippen LogP contribution < -0.4 is 4.31 Å². The zero-order valence-corrected chi connectivity index (χ0v) is 18.0. The van der Waals surface area contributed by atoms with Crippen LogP contribution >= 0.6 is 11.3 Å². The van der Waals surface area contributed by atoms with Crippen LogP contribution in [-0.4, -0.2) is 27.5 Å². The van der Waals surface area contributed by atoms with Gasteiger partial charge in [-0.1, -0.05) is 48.0 Å². The molecule has 0 radical (unpaired) electrons. The minimum Gasteiger partial charge on any atom is -0.465 e. The summed E-state index contributed by atoms with van der Waals surface area (Å²) in [5.41, 5.74) is 3.99. The summed E-state index contributed by atoms with van der Waals surface area (Å²) >= 11 is 1.10. The fraction of sp³-hybridized carbons (Fsp3) is 0.227. The number of rotatable bonds is 4. The Labute approximate surface area is 174 Å². The van der Waals surface area contributed by atoms with Gasteiger partial charge in [0.2, 0.25) is 0 Å². The van der Waals surface area contributed by atoms with Gasteiger partial charge in [0.15, 0.2) is 0 Å². The molecule has 0 bridgehead atoms. The first-order chi connectivity index (χ1) is 13.8. The van der Waals surface area contributed by atoms with Crippen LogP contribution in [0.5, 0.6) is 0 Å². The number of thiophene rings is 1. The average molecular weight is 428 g/mol. The lowest BCUT2D eigenvalue weighted by Crippen LogP contribution is -2.36. The number of nitrogens with zero attached hydrogens (tertiary/aromatic N) is 1. The standard InChI is InChI=1S/C22H21NO4S2/c1-14-8-10-16(11-9-14)18-13-28-20(22(24)27-3)21(18)29(25,26)23-15(2)12-17-6-4-5-7-19(17)23/h4-11,13,15H,12H2,1-3H3/t15-/m0/s1. The number of esters is 1. The van der Waals surface area contributed by atoms with Gasteiger partial charge in [0.05, 0.1) is 12.8 Å². The third-order valence-electron chi connectivity index (χ3n) is 5.14. The molecule has 4 rings (SSSR count). The molecule has 7 heteroatoms. The molecule has 0 saturated heterocycles. The molecule has 2 aromatic carbocycles. The molecule has 5 nitrogen and oxygen atoms in total. The fourth-order valence-electron chi connectivity index (χ4n) is 3.77. The maximum Gasteiger partial charge on any atom is 0.349 e. The summed E-state index contributed by atoms with van der Waals surface area (Å²) in [6.45, 7) is 3.85. The number of anilines is 1. The highest BCUT2D eigenvalue weighted by Gasteiger charge is 2.40. The number of carbonyl (C=O) groups is 1. The zero-order valence-electron chi connectivity index (χ0n) is 16.4. The lowest BCUT2D eigenvalue weighted by Gasteiger charge is -2.25. The molecule has 1 aliphatic heterocycles. The predicted octanol–water partition coefficient (Wildman–Crippen LogP) is 4.65. The van der Waals surface area contributed by atoms with Crippen molar-refractivity contribution in [3.8, 4) is 11.1 Å². The molecule has 0 fully saturated rings. The van der Waals surface area contributed by atoms with E-state index in [1.807, 2.05) is 62.4 Å². The first kappa shape index (κ1) is 19.7. The second kappa shape index (κ2) is 7.31. The van der Waals surface area contributed by atoms with Crippen LogP contribution in [0.25, 0.3) is 11.1 Å². The summed E-state index contributed by atoms with van der Waals surface area (Å²) < 4.78 is 34.1. The monoisotopic (exact) mass is 427 g/mol. The molecule has 0 N–H and O–H groups in total. The van der Waals surface area contributed by atoms with Crippen LogP contribution in [0.3, 0.4) is 0 Å². The highest BCUT2D eigenvalue weighted by atomic mass is 32.2. The largest absolute Gasteiger partial charge is 0.465 e. The van der Waals surface area contributed by atoms with Gasteiger partial charge in [0, 0.05) is 17.0 Å². The van der Waals surface area contributed by atoms with Crippen LogP contribution in [0.2, 0.25) is 0 Å². The number of methoxy groups -OCH3 is 1. The van der Waals surface area contributed by atoms with Crippen LogP contribution in [0.4, 0.5) is 5.69 Å². The molecule has 0 amide bonds. The molecule has 0 unspecified atom stereocenters. The number of benzene rings is 2. The smallest absolute Gasteiger partial charge is 0.349 e. The van der Waals surface area contributed by atoms with Crippen molar-refractivity contribution in [3.63, 3.8) is 0 Å². The van der Waals surface area contributed by atoms with E-state index in [9.17, 15) is 13.2 Å². The van der Waals surface area contributed by atoms with Crippen LogP contribution in [-0.2, 0) is 21.2 Å². The Balaban J connectivity index is 1.94. The summed E-state index contributed by atoms with van der Waals surface area (Å²) in [6.07, 6.45) is 0.632. The molecule has 3 aromatic rings. The van der Waals surface area contributed by atoms with Crippen molar-refractivity contribution < 1.29 is 17.9 Å². The van der Waals surface area contributed by atoms with E-state index in [1.165, 1.54) is 11.4 Å². The zero-order chi connectivity index (χ0) is 20.8. The van der Waals surface area contributed by atoms with Gasteiger partial charge in [-0.05, 0) is 37.5 Å². The van der Waals surface area contributed by atoms with Crippen molar-refractivity contribution in [1.82, 2.24) is 0 Å². The fourth-order valence-corrected chi connectivity index (χ4v) is 7.15. The Kier molecular flexibility index (Phi) is 4.96. The summed E-state index contributed by atoms with van der Waals surface area (Å²) in [6, 6.07) is 14.8. The molecule has 0 saturated carbocycles. The third-order valence-corrected chi connectivity index (χ3v) is 8.24. The van der Waals surface area contributed by atoms with Gasteiger partial charge in [-0.15, -0.1) is 11.3 Å². The third kappa shape index (κ3) is 3.24. The minimum atomic E-state index is -3.99. The van der Waals surface area contributed by atoms with Crippen molar-refractivity contribution in [3.05, 3.63) is 69.9 Å². The van der Waals surface area contributed by atoms with Gasteiger partial charge in [-0.2, -0.15) is 0 Å². The number of sulfonamides is 1. The van der Waals surface area contributed by atoms with E-state index in [0.717, 1.165) is 28.0 Å². The lowest BCUT2D eigenvalue weighted by atomic mass is 10.1. The number of fused-ring (bicyclic) bond motifs is 1. The van der Waals surface area contributed by atoms with Gasteiger partial charge < -0.3 is 4.74 Å². The van der Waals surface area contributed by atoms with Crippen LogP contribution in [0, 0.1) is 6.92 Å². The number of carbonyl (C=O) groups excluding carboxylic acids is 1. The quantitative estimate of drug-likeness (QED) is 0.569. The predicted molar refractivity (Wildman–Crippen MR) is 115 cm³/mol. The molecule has 29 heavy (non-hydrogen) atoms. The molecule has 2 heterocycles. The second-order valence-electron chi connectivity index (χ2n) is 7.15. The Morgan fingerprint density at radius 2 is 1.83 bits per heavy atom. The first-order valence-corrected chi connectivity index (χ1v) is 11.6. The molecule has 1 atom stereocenters. The van der Waals surface area contributed by atoms with Crippen molar-refractivity contribution in [2.75, 3.05) is 11.4 Å². The van der Waals surface area contributed by atoms with E-state index in [1.54, 1.807) is 5.38 Å². The van der Waals surface area contributed by atoms with E-state index in [-0.39, 0.29) is 15.8 Å². The Morgan fingerprint density at radius 3 is 2.52 bits per heavy atom. The molecule has 150 valence electrons. The maximum atomic E-state index is 13.9. The average Bonchev–Trinajstić information content (AvgIpc) is 3.29. The van der Waals surface area contributed by atoms with Crippen LogP contribution in [0.1, 0.15) is 27.7 Å². The normalized spacial score (nSPS) is 16.0. The topological polar surface area (TPSA) is 63.7 Å². The van der Waals surface area contributed by atoms with E-state index >= 15 is 0 Å². The maximum absolute atomic E-state index is 13.9. The Bertz CT molecular complexity index is 1180. The highest BCUT2D eigenvalue weighted by Crippen LogP contribution is 2.42. The summed E-state index contributed by atoms with van der Waals surface area (Å²) in [5.74, 6) is -0.646. The molecular weight excluding hydrogens is 406 g/mol. The highest BCUT2D eigenvalue weighted by molar-refractivity contribution is 7.93. The SMILES string of the molecule is COC(=O)c1scc(-c2ccc(C)cc2)c1S(=O)(=O)N1c2ccccc2C[C@@H]1C. The molecule has 0 aliphatic carbocycles. The first-order valence-electron chi connectivity index (χ1n) is 9.23. The minimum absolute atomic E-state index is 0.0155. The molecular formula is C22H21NO4S2. The number of para-hydroxylation sites is 1. The lowest BCUT2D eigenvalue weighted by molar-refractivity contribution is 0.0602. The van der Waals surface area contributed by atoms with Gasteiger partial charge in [-0.25, -0.2) is 13.2 Å². The van der Waals surface area contributed by atoms with Gasteiger partial charge in [-0.3, -0.25) is 4.31 Å². The number of aryl methyl sites for hydroxylation is 1. The summed E-state index contributed by atoms with van der Waals surface area (Å²) in [4.78, 5) is 12.5. The van der Waals surface area contributed by atoms with Crippen LogP contribution in [0.15, 0.2) is 58.8 Å². The van der Waals surface area contributed by atoms with Gasteiger partial charge in [0.1, 0.15) is 9.77 Å². The van der Waals surface area contributed by atoms with Gasteiger partial charge >= 0.3 is 5.97 Å². The molecule has 1 aromatic heterocycles. The van der Waals surface area contributed by atoms with E-state index in [4.69, 9.17) is 4.74 Å². The second-order valence-corrected chi connectivity index (χ2v) is 9.78. The van der Waals surface area contributed by atoms with Crippen molar-refractivity contribution in [1.29, 1.82) is 0 Å². The molecule has 0 spiro atoms. The van der Waals surface area contributed by atoms with Crippen molar-refractivity contribution in [2.24, 2.45) is 0 Å².